The van der Waals surface area contributed by atoms with Crippen LogP contribution in [0.5, 0.6) is 5.75 Å². The second-order valence-corrected chi connectivity index (χ2v) is 7.49. The zero-order valence-corrected chi connectivity index (χ0v) is 15.6. The van der Waals surface area contributed by atoms with Crippen LogP contribution in [-0.4, -0.2) is 13.7 Å². The molecule has 2 aliphatic rings. The lowest BCUT2D eigenvalue weighted by molar-refractivity contribution is -0.0382. The summed E-state index contributed by atoms with van der Waals surface area (Å²) in [6, 6.07) is 11.4. The first-order chi connectivity index (χ1) is 12.1. The summed E-state index contributed by atoms with van der Waals surface area (Å²) in [5.41, 5.74) is 7.71. The predicted molar refractivity (Wildman–Crippen MR) is 101 cm³/mol. The Labute approximate surface area is 150 Å². The van der Waals surface area contributed by atoms with Gasteiger partial charge in [0.15, 0.2) is 0 Å². The standard InChI is InChI=1S/C22H27NO2/c1-13-10-15(3)20-18(11-13)22-17(6-5-9-25-22)21(23-20)16-7-8-19(24-4)14(2)12-16/h7-8,10-12,17,21-23H,5-6,9H2,1-4H3. The summed E-state index contributed by atoms with van der Waals surface area (Å²) in [5.74, 6) is 1.42. The normalized spacial score (nSPS) is 24.9. The van der Waals surface area contributed by atoms with E-state index in [1.54, 1.807) is 7.11 Å². The summed E-state index contributed by atoms with van der Waals surface area (Å²) < 4.78 is 11.7. The van der Waals surface area contributed by atoms with E-state index in [0.29, 0.717) is 5.92 Å². The Kier molecular flexibility index (Phi) is 4.20. The van der Waals surface area contributed by atoms with E-state index in [9.17, 15) is 0 Å². The third-order valence-corrected chi connectivity index (χ3v) is 5.69. The van der Waals surface area contributed by atoms with Gasteiger partial charge in [-0.3, -0.25) is 0 Å². The molecule has 0 saturated carbocycles. The van der Waals surface area contributed by atoms with Gasteiger partial charge in [0.1, 0.15) is 5.75 Å². The van der Waals surface area contributed by atoms with Crippen LogP contribution in [0.4, 0.5) is 5.69 Å². The summed E-state index contributed by atoms with van der Waals surface area (Å²) in [5, 5.41) is 3.85. The number of hydrogen-bond donors (Lipinski definition) is 1. The summed E-state index contributed by atoms with van der Waals surface area (Å²) in [6.07, 6.45) is 2.52. The van der Waals surface area contributed by atoms with Gasteiger partial charge in [-0.2, -0.15) is 0 Å². The molecular formula is C22H27NO2. The van der Waals surface area contributed by atoms with Crippen LogP contribution in [0.2, 0.25) is 0 Å². The molecule has 132 valence electrons. The van der Waals surface area contributed by atoms with Crippen molar-refractivity contribution in [2.75, 3.05) is 19.0 Å². The van der Waals surface area contributed by atoms with E-state index in [1.165, 1.54) is 39.9 Å². The lowest BCUT2D eigenvalue weighted by Gasteiger charge is -2.44. The van der Waals surface area contributed by atoms with Crippen molar-refractivity contribution in [3.63, 3.8) is 0 Å². The molecule has 3 unspecified atom stereocenters. The Morgan fingerprint density at radius 3 is 2.68 bits per heavy atom. The zero-order chi connectivity index (χ0) is 17.6. The molecule has 2 heterocycles. The Hall–Kier alpha value is -2.00. The molecular weight excluding hydrogens is 310 g/mol. The van der Waals surface area contributed by atoms with Gasteiger partial charge < -0.3 is 14.8 Å². The number of rotatable bonds is 2. The highest BCUT2D eigenvalue weighted by Gasteiger charge is 2.40. The fraction of sp³-hybridized carbons (Fsp3) is 0.455. The van der Waals surface area contributed by atoms with E-state index in [1.807, 2.05) is 0 Å². The Bertz CT molecular complexity index is 799. The Balaban J connectivity index is 1.79. The molecule has 0 amide bonds. The number of benzene rings is 2. The fourth-order valence-corrected chi connectivity index (χ4v) is 4.58. The first kappa shape index (κ1) is 16.5. The lowest BCUT2D eigenvalue weighted by atomic mass is 9.76. The average molecular weight is 337 g/mol. The molecule has 0 spiro atoms. The lowest BCUT2D eigenvalue weighted by Crippen LogP contribution is -2.36. The van der Waals surface area contributed by atoms with Crippen LogP contribution in [0.25, 0.3) is 0 Å². The molecule has 2 aromatic carbocycles. The minimum atomic E-state index is 0.191. The molecule has 1 saturated heterocycles. The van der Waals surface area contributed by atoms with Gasteiger partial charge in [0.2, 0.25) is 0 Å². The number of anilines is 1. The van der Waals surface area contributed by atoms with Crippen LogP contribution in [-0.2, 0) is 4.74 Å². The maximum Gasteiger partial charge on any atom is 0.121 e. The van der Waals surface area contributed by atoms with Crippen molar-refractivity contribution in [1.82, 2.24) is 0 Å². The van der Waals surface area contributed by atoms with E-state index in [2.05, 4.69) is 56.4 Å². The Morgan fingerprint density at radius 2 is 1.92 bits per heavy atom. The van der Waals surface area contributed by atoms with Crippen LogP contribution in [0.15, 0.2) is 30.3 Å². The molecule has 0 aliphatic carbocycles. The van der Waals surface area contributed by atoms with E-state index in [4.69, 9.17) is 9.47 Å². The van der Waals surface area contributed by atoms with Crippen LogP contribution < -0.4 is 10.1 Å². The SMILES string of the molecule is COc1ccc(C2Nc3c(C)cc(C)cc3C3OCCCC23)cc1C. The highest BCUT2D eigenvalue weighted by Crippen LogP contribution is 2.50. The third kappa shape index (κ3) is 2.81. The molecule has 25 heavy (non-hydrogen) atoms. The van der Waals surface area contributed by atoms with Gasteiger partial charge in [-0.1, -0.05) is 29.8 Å². The first-order valence-electron chi connectivity index (χ1n) is 9.22. The number of aryl methyl sites for hydroxylation is 3. The summed E-state index contributed by atoms with van der Waals surface area (Å²) in [4.78, 5) is 0. The number of ether oxygens (including phenoxy) is 2. The molecule has 2 aromatic rings. The van der Waals surface area contributed by atoms with Crippen molar-refractivity contribution in [3.8, 4) is 5.75 Å². The monoisotopic (exact) mass is 337 g/mol. The summed E-state index contributed by atoms with van der Waals surface area (Å²) in [6.45, 7) is 7.34. The molecule has 0 aromatic heterocycles. The number of hydrogen-bond acceptors (Lipinski definition) is 3. The summed E-state index contributed by atoms with van der Waals surface area (Å²) in [7, 11) is 1.73. The van der Waals surface area contributed by atoms with E-state index >= 15 is 0 Å². The molecule has 3 atom stereocenters. The summed E-state index contributed by atoms with van der Waals surface area (Å²) >= 11 is 0. The molecule has 0 bridgehead atoms. The Morgan fingerprint density at radius 1 is 1.08 bits per heavy atom. The van der Waals surface area contributed by atoms with Crippen molar-refractivity contribution < 1.29 is 9.47 Å². The number of methoxy groups -OCH3 is 1. The molecule has 2 aliphatic heterocycles. The van der Waals surface area contributed by atoms with Crippen molar-refractivity contribution >= 4 is 5.69 Å². The van der Waals surface area contributed by atoms with Crippen LogP contribution in [0.3, 0.4) is 0 Å². The van der Waals surface area contributed by atoms with Gasteiger partial charge >= 0.3 is 0 Å². The molecule has 0 radical (unpaired) electrons. The minimum Gasteiger partial charge on any atom is -0.496 e. The van der Waals surface area contributed by atoms with Crippen LogP contribution >= 0.6 is 0 Å². The van der Waals surface area contributed by atoms with Gasteiger partial charge in [-0.25, -0.2) is 0 Å². The van der Waals surface area contributed by atoms with Gasteiger partial charge in [0.05, 0.1) is 19.3 Å². The minimum absolute atomic E-state index is 0.191. The second-order valence-electron chi connectivity index (χ2n) is 7.49. The smallest absolute Gasteiger partial charge is 0.121 e. The van der Waals surface area contributed by atoms with Crippen molar-refractivity contribution in [1.29, 1.82) is 0 Å². The van der Waals surface area contributed by atoms with E-state index in [-0.39, 0.29) is 12.1 Å². The third-order valence-electron chi connectivity index (χ3n) is 5.69. The van der Waals surface area contributed by atoms with Gasteiger partial charge in [0.25, 0.3) is 0 Å². The van der Waals surface area contributed by atoms with Gasteiger partial charge in [0, 0.05) is 23.8 Å². The van der Waals surface area contributed by atoms with Crippen molar-refractivity contribution in [2.45, 2.75) is 45.8 Å². The van der Waals surface area contributed by atoms with Crippen LogP contribution in [0.1, 0.15) is 52.8 Å². The highest BCUT2D eigenvalue weighted by molar-refractivity contribution is 5.63. The maximum atomic E-state index is 6.28. The molecule has 3 nitrogen and oxygen atoms in total. The maximum absolute atomic E-state index is 6.28. The zero-order valence-electron chi connectivity index (χ0n) is 15.6. The topological polar surface area (TPSA) is 30.5 Å². The predicted octanol–water partition coefficient (Wildman–Crippen LogP) is 5.25. The quantitative estimate of drug-likeness (QED) is 0.811. The molecule has 1 fully saturated rings. The number of fused-ring (bicyclic) bond motifs is 3. The van der Waals surface area contributed by atoms with Crippen molar-refractivity contribution in [2.24, 2.45) is 5.92 Å². The first-order valence-corrected chi connectivity index (χ1v) is 9.22. The fourth-order valence-electron chi connectivity index (χ4n) is 4.58. The van der Waals surface area contributed by atoms with Gasteiger partial charge in [-0.05, 0) is 56.4 Å². The van der Waals surface area contributed by atoms with Crippen molar-refractivity contribution in [3.05, 3.63) is 58.1 Å². The molecule has 3 heteroatoms. The number of nitrogens with one attached hydrogen (secondary N) is 1. The van der Waals surface area contributed by atoms with Crippen LogP contribution in [0, 0.1) is 26.7 Å². The van der Waals surface area contributed by atoms with E-state index in [0.717, 1.165) is 18.8 Å². The average Bonchev–Trinajstić information content (AvgIpc) is 2.61. The highest BCUT2D eigenvalue weighted by atomic mass is 16.5. The van der Waals surface area contributed by atoms with Gasteiger partial charge in [-0.15, -0.1) is 0 Å². The molecule has 4 rings (SSSR count). The second kappa shape index (κ2) is 6.38. The molecule has 1 N–H and O–H groups in total. The van der Waals surface area contributed by atoms with E-state index < -0.39 is 0 Å². The largest absolute Gasteiger partial charge is 0.496 e.